The molecule has 32 heavy (non-hydrogen) atoms. The van der Waals surface area contributed by atoms with Gasteiger partial charge in [-0.2, -0.15) is 10.2 Å². The maximum atomic E-state index is 12.7. The second kappa shape index (κ2) is 7.88. The smallest absolute Gasteiger partial charge is 0.306 e. The molecule has 8 nitrogen and oxygen atoms in total. The number of nitrogens with zero attached hydrogens (tertiary/aromatic N) is 4. The second-order valence-corrected chi connectivity index (χ2v) is 7.91. The largest absolute Gasteiger partial charge is 0.481 e. The molecule has 8 heteroatoms. The van der Waals surface area contributed by atoms with Gasteiger partial charge < -0.3 is 5.11 Å². The molecular weight excluding hydrogens is 408 g/mol. The molecular formula is C24H20N4O4. The van der Waals surface area contributed by atoms with E-state index >= 15 is 0 Å². The zero-order valence-corrected chi connectivity index (χ0v) is 17.1. The van der Waals surface area contributed by atoms with Crippen LogP contribution < -0.4 is 5.56 Å². The van der Waals surface area contributed by atoms with Crippen molar-refractivity contribution in [3.63, 3.8) is 0 Å². The second-order valence-electron chi connectivity index (χ2n) is 7.91. The number of aliphatic carboxylic acids is 1. The van der Waals surface area contributed by atoms with Crippen molar-refractivity contribution in [1.82, 2.24) is 19.4 Å². The van der Waals surface area contributed by atoms with Gasteiger partial charge in [-0.15, -0.1) is 0 Å². The van der Waals surface area contributed by atoms with Crippen molar-refractivity contribution in [2.75, 3.05) is 0 Å². The molecule has 1 aliphatic carbocycles. The molecule has 0 saturated heterocycles. The molecule has 3 aromatic heterocycles. The van der Waals surface area contributed by atoms with Crippen molar-refractivity contribution >= 4 is 17.3 Å². The first-order chi connectivity index (χ1) is 15.5. The van der Waals surface area contributed by atoms with Gasteiger partial charge in [0.05, 0.1) is 22.7 Å². The molecule has 2 atom stereocenters. The Balaban J connectivity index is 1.68. The Labute approximate surface area is 182 Å². The number of hydrogen-bond donors (Lipinski definition) is 1. The summed E-state index contributed by atoms with van der Waals surface area (Å²) in [6, 6.07) is 17.5. The van der Waals surface area contributed by atoms with Gasteiger partial charge in [0, 0.05) is 24.2 Å². The number of pyridine rings is 1. The molecule has 0 aliphatic heterocycles. The number of benzene rings is 1. The van der Waals surface area contributed by atoms with Crippen molar-refractivity contribution in [2.24, 2.45) is 5.92 Å². The zero-order chi connectivity index (χ0) is 22.2. The minimum Gasteiger partial charge on any atom is -0.481 e. The minimum absolute atomic E-state index is 0.0603. The molecule has 0 spiro atoms. The van der Waals surface area contributed by atoms with Gasteiger partial charge in [-0.25, -0.2) is 9.20 Å². The first-order valence-corrected chi connectivity index (χ1v) is 10.4. The summed E-state index contributed by atoms with van der Waals surface area (Å²) in [5.41, 5.74) is 3.20. The van der Waals surface area contributed by atoms with Gasteiger partial charge in [0.2, 0.25) is 0 Å². The van der Waals surface area contributed by atoms with E-state index < -0.39 is 23.5 Å². The van der Waals surface area contributed by atoms with E-state index in [1.807, 2.05) is 54.7 Å². The number of hydrogen-bond acceptors (Lipinski definition) is 5. The predicted molar refractivity (Wildman–Crippen MR) is 117 cm³/mol. The van der Waals surface area contributed by atoms with Crippen molar-refractivity contribution in [1.29, 1.82) is 0 Å². The average molecular weight is 428 g/mol. The van der Waals surface area contributed by atoms with Crippen LogP contribution in [0, 0.1) is 5.92 Å². The van der Waals surface area contributed by atoms with Crippen molar-refractivity contribution < 1.29 is 14.7 Å². The van der Waals surface area contributed by atoms with Crippen molar-refractivity contribution in [2.45, 2.75) is 25.3 Å². The molecule has 4 aromatic rings. The fourth-order valence-electron chi connectivity index (χ4n) is 4.29. The van der Waals surface area contributed by atoms with Crippen molar-refractivity contribution in [3.05, 3.63) is 77.2 Å². The molecule has 1 aromatic carbocycles. The van der Waals surface area contributed by atoms with Gasteiger partial charge in [0.25, 0.3) is 5.56 Å². The number of carbonyl (C=O) groups is 2. The molecule has 0 radical (unpaired) electrons. The van der Waals surface area contributed by atoms with Crippen LogP contribution in [-0.2, 0) is 9.59 Å². The monoisotopic (exact) mass is 428 g/mol. The summed E-state index contributed by atoms with van der Waals surface area (Å²) >= 11 is 0. The van der Waals surface area contributed by atoms with E-state index in [1.165, 1.54) is 6.07 Å². The van der Waals surface area contributed by atoms with Crippen LogP contribution in [0.5, 0.6) is 0 Å². The van der Waals surface area contributed by atoms with E-state index in [9.17, 15) is 19.5 Å². The molecule has 5 rings (SSSR count). The topological polar surface area (TPSA) is 107 Å². The quantitative estimate of drug-likeness (QED) is 0.535. The number of Topliss-reactive ketones (excluding diaryl/α,β-unsaturated/α-hetero) is 1. The fraction of sp³-hybridized carbons (Fsp3) is 0.208. The lowest BCUT2D eigenvalue weighted by molar-refractivity contribution is -0.144. The predicted octanol–water partition coefficient (Wildman–Crippen LogP) is 3.22. The van der Waals surface area contributed by atoms with E-state index in [-0.39, 0.29) is 25.0 Å². The zero-order valence-electron chi connectivity index (χ0n) is 17.1. The molecule has 1 aliphatic rings. The van der Waals surface area contributed by atoms with Crippen LogP contribution in [0.1, 0.15) is 25.3 Å². The SMILES string of the molecule is O=C(O)C1CCC(=O)C(n2nc(-c3c(-c4ccccc4)nn4ccccc34)ccc2=O)C1. The Kier molecular flexibility index (Phi) is 4.89. The fourth-order valence-corrected chi connectivity index (χ4v) is 4.29. The lowest BCUT2D eigenvalue weighted by Crippen LogP contribution is -2.37. The van der Waals surface area contributed by atoms with Gasteiger partial charge >= 0.3 is 5.97 Å². The van der Waals surface area contributed by atoms with Gasteiger partial charge in [-0.1, -0.05) is 36.4 Å². The molecule has 0 amide bonds. The average Bonchev–Trinajstić information content (AvgIpc) is 3.20. The van der Waals surface area contributed by atoms with Crippen molar-refractivity contribution in [3.8, 4) is 22.5 Å². The first-order valence-electron chi connectivity index (χ1n) is 10.4. The number of ketones is 1. The molecule has 3 heterocycles. The molecule has 2 unspecified atom stereocenters. The summed E-state index contributed by atoms with van der Waals surface area (Å²) in [5, 5.41) is 18.7. The van der Waals surface area contributed by atoms with E-state index in [0.717, 1.165) is 21.3 Å². The number of carboxylic acids is 1. The highest BCUT2D eigenvalue weighted by atomic mass is 16.4. The molecule has 1 N–H and O–H groups in total. The summed E-state index contributed by atoms with van der Waals surface area (Å²) in [5.74, 6) is -1.80. The highest BCUT2D eigenvalue weighted by Crippen LogP contribution is 2.34. The highest BCUT2D eigenvalue weighted by molar-refractivity contribution is 5.91. The van der Waals surface area contributed by atoms with Gasteiger partial charge in [0.15, 0.2) is 5.78 Å². The van der Waals surface area contributed by atoms with Gasteiger partial charge in [-0.05, 0) is 31.0 Å². The highest BCUT2D eigenvalue weighted by Gasteiger charge is 2.35. The summed E-state index contributed by atoms with van der Waals surface area (Å²) < 4.78 is 2.90. The number of carboxylic acid groups (broad SMARTS) is 1. The standard InChI is InChI=1S/C24H20N4O4/c29-20-11-9-16(24(31)32)14-19(20)28-21(30)12-10-17(25-28)22-18-8-4-5-13-27(18)26-23(22)15-6-2-1-3-7-15/h1-8,10,12-13,16,19H,9,11,14H2,(H,31,32). The summed E-state index contributed by atoms with van der Waals surface area (Å²) in [6.45, 7) is 0. The van der Waals surface area contributed by atoms with E-state index in [1.54, 1.807) is 10.6 Å². The Morgan fingerprint density at radius 2 is 1.75 bits per heavy atom. The third kappa shape index (κ3) is 3.39. The van der Waals surface area contributed by atoms with E-state index in [0.29, 0.717) is 11.4 Å². The van der Waals surface area contributed by atoms with Crippen LogP contribution >= 0.6 is 0 Å². The number of aromatic nitrogens is 4. The summed E-state index contributed by atoms with van der Waals surface area (Å²) in [7, 11) is 0. The Hall–Kier alpha value is -4.07. The summed E-state index contributed by atoms with van der Waals surface area (Å²) in [4.78, 5) is 36.8. The maximum absolute atomic E-state index is 12.7. The first kappa shape index (κ1) is 19.9. The summed E-state index contributed by atoms with van der Waals surface area (Å²) in [6.07, 6.45) is 2.30. The molecule has 0 bridgehead atoms. The maximum Gasteiger partial charge on any atom is 0.306 e. The lowest BCUT2D eigenvalue weighted by atomic mass is 9.85. The number of fused-ring (bicyclic) bond motifs is 1. The Morgan fingerprint density at radius 1 is 0.969 bits per heavy atom. The third-order valence-electron chi connectivity index (χ3n) is 5.93. The Bertz CT molecular complexity index is 1390. The van der Waals surface area contributed by atoms with Crippen LogP contribution in [0.2, 0.25) is 0 Å². The van der Waals surface area contributed by atoms with Gasteiger partial charge in [-0.3, -0.25) is 14.4 Å². The normalized spacial score (nSPS) is 18.7. The minimum atomic E-state index is -0.958. The van der Waals surface area contributed by atoms with Gasteiger partial charge in [0.1, 0.15) is 11.7 Å². The molecule has 160 valence electrons. The molecule has 1 saturated carbocycles. The third-order valence-corrected chi connectivity index (χ3v) is 5.93. The number of rotatable bonds is 4. The van der Waals surface area contributed by atoms with E-state index in [4.69, 9.17) is 5.10 Å². The van der Waals surface area contributed by atoms with Crippen LogP contribution in [0.15, 0.2) is 71.7 Å². The van der Waals surface area contributed by atoms with Crippen LogP contribution in [0.25, 0.3) is 28.0 Å². The lowest BCUT2D eigenvalue weighted by Gasteiger charge is -2.26. The molecule has 1 fully saturated rings. The van der Waals surface area contributed by atoms with Crippen LogP contribution in [0.3, 0.4) is 0 Å². The van der Waals surface area contributed by atoms with E-state index in [2.05, 4.69) is 5.10 Å². The number of carbonyl (C=O) groups excluding carboxylic acids is 1. The Morgan fingerprint density at radius 3 is 2.53 bits per heavy atom. The van der Waals surface area contributed by atoms with Crippen LogP contribution in [-0.4, -0.2) is 36.3 Å². The van der Waals surface area contributed by atoms with Crippen LogP contribution in [0.4, 0.5) is 0 Å².